The Kier molecular flexibility index (Phi) is 5.67. The number of rotatable bonds is 6. The minimum atomic E-state index is -0.996. The zero-order valence-electron chi connectivity index (χ0n) is 19.2. The molecule has 0 unspecified atom stereocenters. The highest BCUT2D eigenvalue weighted by atomic mass is 16.4. The number of carboxylic acids is 1. The Labute approximate surface area is 200 Å². The van der Waals surface area contributed by atoms with Gasteiger partial charge in [0.15, 0.2) is 11.6 Å². The number of hydrogen-bond donors (Lipinski definition) is 2. The lowest BCUT2D eigenvalue weighted by Gasteiger charge is -2.41. The molecule has 2 N–H and O–H groups in total. The zero-order valence-corrected chi connectivity index (χ0v) is 19.2. The molecule has 0 radical (unpaired) electrons. The van der Waals surface area contributed by atoms with Crippen molar-refractivity contribution in [2.24, 2.45) is 17.8 Å². The summed E-state index contributed by atoms with van der Waals surface area (Å²) in [5.41, 5.74) is 1.77. The Morgan fingerprint density at radius 3 is 2.60 bits per heavy atom. The normalized spacial score (nSPS) is 28.0. The van der Waals surface area contributed by atoms with Crippen molar-refractivity contribution in [2.75, 3.05) is 6.54 Å². The summed E-state index contributed by atoms with van der Waals surface area (Å²) in [5, 5.41) is 18.4. The SMILES string of the molecule is CC1=CC(=O)C2=C(C1=O)[C@@H](c1ccc(CO)o1)C1=CC[C@@H]3C(=O)N(CCCC(=O)O)C(=O)[C@@H]3[C@@H]1C2. The van der Waals surface area contributed by atoms with Gasteiger partial charge in [0, 0.05) is 29.7 Å². The molecule has 3 aliphatic carbocycles. The topological polar surface area (TPSA) is 142 Å². The van der Waals surface area contributed by atoms with Gasteiger partial charge in [-0.2, -0.15) is 0 Å². The standard InChI is InChI=1S/C26H25NO8/c1-12-9-18(29)17-10-16-14(22(23(17)24(12)32)19-7-4-13(11-28)35-19)5-6-15-21(16)26(34)27(25(15)33)8-2-3-20(30)31/h4-5,7,9,15-16,21-22,28H,2-3,6,8,10-11H2,1H3,(H,30,31)/t15-,16+,21-,22+/m0/s1. The smallest absolute Gasteiger partial charge is 0.303 e. The van der Waals surface area contributed by atoms with Crippen LogP contribution in [0.4, 0.5) is 0 Å². The van der Waals surface area contributed by atoms with Crippen molar-refractivity contribution in [1.82, 2.24) is 4.90 Å². The van der Waals surface area contributed by atoms with E-state index in [-0.39, 0.29) is 55.8 Å². The maximum absolute atomic E-state index is 13.4. The first-order valence-corrected chi connectivity index (χ1v) is 11.7. The third-order valence-corrected chi connectivity index (χ3v) is 7.55. The van der Waals surface area contributed by atoms with E-state index >= 15 is 0 Å². The molecule has 1 aliphatic heterocycles. The van der Waals surface area contributed by atoms with Crippen LogP contribution >= 0.6 is 0 Å². The number of carbonyl (C=O) groups is 5. The highest BCUT2D eigenvalue weighted by Crippen LogP contribution is 2.55. The monoisotopic (exact) mass is 479 g/mol. The van der Waals surface area contributed by atoms with E-state index in [0.717, 1.165) is 10.5 Å². The average Bonchev–Trinajstić information content (AvgIpc) is 3.39. The third kappa shape index (κ3) is 3.61. The Hall–Kier alpha value is -3.59. The van der Waals surface area contributed by atoms with Crippen LogP contribution < -0.4 is 0 Å². The molecule has 4 atom stereocenters. The molecule has 1 aromatic rings. The van der Waals surface area contributed by atoms with Crippen molar-refractivity contribution < 1.29 is 38.6 Å². The van der Waals surface area contributed by atoms with Gasteiger partial charge in [-0.1, -0.05) is 11.6 Å². The van der Waals surface area contributed by atoms with Gasteiger partial charge in [-0.05, 0) is 50.3 Å². The molecule has 2 amide bonds. The molecule has 9 heteroatoms. The molecular weight excluding hydrogens is 454 g/mol. The van der Waals surface area contributed by atoms with Crippen molar-refractivity contribution in [3.63, 3.8) is 0 Å². The first-order chi connectivity index (χ1) is 16.7. The number of allylic oxidation sites excluding steroid dienone is 6. The highest BCUT2D eigenvalue weighted by Gasteiger charge is 2.56. The molecule has 2 heterocycles. The Morgan fingerprint density at radius 2 is 1.91 bits per heavy atom. The minimum absolute atomic E-state index is 0.0355. The first kappa shape index (κ1) is 23.2. The van der Waals surface area contributed by atoms with E-state index in [1.807, 2.05) is 6.08 Å². The third-order valence-electron chi connectivity index (χ3n) is 7.55. The first-order valence-electron chi connectivity index (χ1n) is 11.7. The zero-order chi connectivity index (χ0) is 25.0. The van der Waals surface area contributed by atoms with Crippen LogP contribution in [0.5, 0.6) is 0 Å². The van der Waals surface area contributed by atoms with Gasteiger partial charge in [0.05, 0.1) is 17.8 Å². The van der Waals surface area contributed by atoms with Gasteiger partial charge in [0.1, 0.15) is 18.1 Å². The van der Waals surface area contributed by atoms with Crippen LogP contribution in [0.3, 0.4) is 0 Å². The molecule has 0 aromatic carbocycles. The molecule has 4 aliphatic rings. The number of Topliss-reactive ketones (excluding diaryl/α,β-unsaturated/α-hetero) is 1. The summed E-state index contributed by atoms with van der Waals surface area (Å²) in [5.74, 6) is -3.92. The molecule has 0 saturated carbocycles. The fraction of sp³-hybridized carbons (Fsp3) is 0.423. The lowest BCUT2D eigenvalue weighted by atomic mass is 9.60. The number of nitrogens with zero attached hydrogens (tertiary/aromatic N) is 1. The van der Waals surface area contributed by atoms with Crippen LogP contribution in [0.15, 0.2) is 51.0 Å². The second kappa shape index (κ2) is 8.57. The van der Waals surface area contributed by atoms with E-state index < -0.39 is 29.6 Å². The summed E-state index contributed by atoms with van der Waals surface area (Å²) in [4.78, 5) is 64.8. The Balaban J connectivity index is 1.56. The summed E-state index contributed by atoms with van der Waals surface area (Å²) in [6.45, 7) is 1.30. The van der Waals surface area contributed by atoms with Crippen LogP contribution in [0.25, 0.3) is 0 Å². The minimum Gasteiger partial charge on any atom is -0.481 e. The van der Waals surface area contributed by atoms with Crippen LogP contribution in [0.1, 0.15) is 50.0 Å². The van der Waals surface area contributed by atoms with E-state index in [0.29, 0.717) is 34.7 Å². The fourth-order valence-corrected chi connectivity index (χ4v) is 6.00. The van der Waals surface area contributed by atoms with Crippen LogP contribution in [-0.2, 0) is 30.6 Å². The summed E-state index contributed by atoms with van der Waals surface area (Å²) in [7, 11) is 0. The number of aliphatic carboxylic acids is 1. The van der Waals surface area contributed by atoms with Gasteiger partial charge in [0.25, 0.3) is 0 Å². The van der Waals surface area contributed by atoms with Crippen molar-refractivity contribution in [3.05, 3.63) is 58.1 Å². The number of aliphatic hydroxyl groups is 1. The summed E-state index contributed by atoms with van der Waals surface area (Å²) in [6.07, 6.45) is 3.70. The predicted octanol–water partition coefficient (Wildman–Crippen LogP) is 2.07. The van der Waals surface area contributed by atoms with Gasteiger partial charge < -0.3 is 14.6 Å². The molecule has 0 bridgehead atoms. The van der Waals surface area contributed by atoms with E-state index in [2.05, 4.69) is 0 Å². The largest absolute Gasteiger partial charge is 0.481 e. The quantitative estimate of drug-likeness (QED) is 0.359. The number of imide groups is 1. The molecule has 1 saturated heterocycles. The number of fused-ring (bicyclic) bond motifs is 3. The number of carbonyl (C=O) groups excluding carboxylic acids is 4. The maximum atomic E-state index is 13.4. The number of furan rings is 1. The van der Waals surface area contributed by atoms with E-state index in [1.54, 1.807) is 19.1 Å². The number of likely N-dealkylation sites (tertiary alicyclic amines) is 1. The highest BCUT2D eigenvalue weighted by molar-refractivity contribution is 6.23. The van der Waals surface area contributed by atoms with Crippen molar-refractivity contribution >= 4 is 29.4 Å². The van der Waals surface area contributed by atoms with E-state index in [1.165, 1.54) is 6.08 Å². The van der Waals surface area contributed by atoms with Crippen molar-refractivity contribution in [2.45, 2.75) is 45.1 Å². The number of ketones is 2. The fourth-order valence-electron chi connectivity index (χ4n) is 6.00. The van der Waals surface area contributed by atoms with E-state index in [9.17, 15) is 29.1 Å². The molecule has 1 aromatic heterocycles. The molecule has 182 valence electrons. The van der Waals surface area contributed by atoms with Crippen molar-refractivity contribution in [1.29, 1.82) is 0 Å². The van der Waals surface area contributed by atoms with Gasteiger partial charge in [-0.15, -0.1) is 0 Å². The Bertz CT molecular complexity index is 1260. The number of hydrogen-bond acceptors (Lipinski definition) is 7. The molecule has 0 spiro atoms. The maximum Gasteiger partial charge on any atom is 0.303 e. The Morgan fingerprint density at radius 1 is 1.14 bits per heavy atom. The van der Waals surface area contributed by atoms with Gasteiger partial charge >= 0.3 is 5.97 Å². The lowest BCUT2D eigenvalue weighted by molar-refractivity contribution is -0.142. The number of carboxylic acid groups (broad SMARTS) is 1. The van der Waals surface area contributed by atoms with Gasteiger partial charge in [0.2, 0.25) is 11.8 Å². The molecular formula is C26H25NO8. The molecule has 9 nitrogen and oxygen atoms in total. The molecule has 5 rings (SSSR count). The second-order valence-electron chi connectivity index (χ2n) is 9.52. The molecule has 35 heavy (non-hydrogen) atoms. The second-order valence-corrected chi connectivity index (χ2v) is 9.52. The van der Waals surface area contributed by atoms with Crippen LogP contribution in [-0.4, -0.2) is 51.0 Å². The predicted molar refractivity (Wildman–Crippen MR) is 120 cm³/mol. The van der Waals surface area contributed by atoms with Gasteiger partial charge in [-0.25, -0.2) is 0 Å². The number of aliphatic hydroxyl groups excluding tert-OH is 1. The molecule has 1 fully saturated rings. The summed E-state index contributed by atoms with van der Waals surface area (Å²) >= 11 is 0. The van der Waals surface area contributed by atoms with E-state index in [4.69, 9.17) is 9.52 Å². The summed E-state index contributed by atoms with van der Waals surface area (Å²) < 4.78 is 5.82. The number of amides is 2. The lowest BCUT2D eigenvalue weighted by Crippen LogP contribution is -2.39. The van der Waals surface area contributed by atoms with Crippen LogP contribution in [0, 0.1) is 17.8 Å². The average molecular weight is 479 g/mol. The van der Waals surface area contributed by atoms with Crippen molar-refractivity contribution in [3.8, 4) is 0 Å². The van der Waals surface area contributed by atoms with Gasteiger partial charge in [-0.3, -0.25) is 28.9 Å². The summed E-state index contributed by atoms with van der Waals surface area (Å²) in [6, 6.07) is 3.28. The van der Waals surface area contributed by atoms with Crippen LogP contribution in [0.2, 0.25) is 0 Å².